The van der Waals surface area contributed by atoms with Gasteiger partial charge in [-0.2, -0.15) is 0 Å². The number of esters is 1. The normalized spacial score (nSPS) is 12.7. The number of rotatable bonds is 66. The molecule has 0 spiro atoms. The molecular weight excluding hydrogens is 959 g/mol. The van der Waals surface area contributed by atoms with E-state index in [0.717, 1.165) is 51.4 Å². The standard InChI is InChI=1S/C72H137NO5/c1-3-5-7-9-11-13-15-17-19-21-22-23-24-25-26-29-33-36-40-44-48-52-56-60-64-70(75)69(68-74)73-71(76)65-61-57-53-49-45-41-37-34-30-27-28-31-35-39-43-47-51-55-59-63-67-78-72(77)66-62-58-54-50-46-42-38-32-20-18-16-14-12-10-8-6-4-2/h12,14,18,20,27,30,69-70,74-75H,3-11,13,15-17,19,21-26,28-29,31-68H2,1-2H3,(H,73,76)/b14-12-,20-18-,30-27-. The van der Waals surface area contributed by atoms with Gasteiger partial charge in [0.1, 0.15) is 0 Å². The van der Waals surface area contributed by atoms with Crippen LogP contribution < -0.4 is 5.32 Å². The Labute approximate surface area is 487 Å². The molecule has 78 heavy (non-hydrogen) atoms. The van der Waals surface area contributed by atoms with Crippen molar-refractivity contribution in [2.45, 2.75) is 398 Å². The molecule has 0 aromatic carbocycles. The molecule has 0 saturated heterocycles. The maximum Gasteiger partial charge on any atom is 0.305 e. The zero-order chi connectivity index (χ0) is 56.4. The van der Waals surface area contributed by atoms with E-state index in [-0.39, 0.29) is 18.5 Å². The number of carbonyl (C=O) groups excluding carboxylic acids is 2. The Balaban J connectivity index is 3.43. The van der Waals surface area contributed by atoms with Crippen LogP contribution >= 0.6 is 0 Å². The van der Waals surface area contributed by atoms with Crippen LogP contribution in [0.25, 0.3) is 0 Å². The van der Waals surface area contributed by atoms with E-state index in [2.05, 4.69) is 55.6 Å². The molecule has 6 nitrogen and oxygen atoms in total. The quantitative estimate of drug-likeness (QED) is 0.0320. The molecular formula is C72H137NO5. The Hall–Kier alpha value is -1.92. The van der Waals surface area contributed by atoms with Crippen LogP contribution in [0.5, 0.6) is 0 Å². The highest BCUT2D eigenvalue weighted by molar-refractivity contribution is 5.76. The van der Waals surface area contributed by atoms with Crippen LogP contribution in [0, 0.1) is 0 Å². The Kier molecular flexibility index (Phi) is 65.9. The maximum atomic E-state index is 12.6. The average Bonchev–Trinajstić information content (AvgIpc) is 3.44. The van der Waals surface area contributed by atoms with Crippen LogP contribution in [0.15, 0.2) is 36.5 Å². The van der Waals surface area contributed by atoms with Gasteiger partial charge in [0.25, 0.3) is 0 Å². The summed E-state index contributed by atoms with van der Waals surface area (Å²) >= 11 is 0. The van der Waals surface area contributed by atoms with Crippen molar-refractivity contribution in [1.82, 2.24) is 5.32 Å². The number of hydrogen-bond acceptors (Lipinski definition) is 5. The average molecular weight is 1100 g/mol. The van der Waals surface area contributed by atoms with Crippen molar-refractivity contribution in [2.75, 3.05) is 13.2 Å². The second-order valence-corrected chi connectivity index (χ2v) is 24.2. The fraction of sp³-hybridized carbons (Fsp3) is 0.889. The van der Waals surface area contributed by atoms with E-state index >= 15 is 0 Å². The number of nitrogens with one attached hydrogen (secondary N) is 1. The molecule has 0 saturated carbocycles. The second-order valence-electron chi connectivity index (χ2n) is 24.2. The number of aliphatic hydroxyl groups is 2. The van der Waals surface area contributed by atoms with Crippen LogP contribution in [0.1, 0.15) is 386 Å². The first-order valence-electron chi connectivity index (χ1n) is 35.2. The van der Waals surface area contributed by atoms with E-state index < -0.39 is 12.1 Å². The molecule has 3 N–H and O–H groups in total. The van der Waals surface area contributed by atoms with E-state index in [0.29, 0.717) is 25.9 Å². The Morgan fingerprint density at radius 3 is 1.01 bits per heavy atom. The van der Waals surface area contributed by atoms with Crippen molar-refractivity contribution in [2.24, 2.45) is 0 Å². The molecule has 0 aliphatic rings. The molecule has 1 amide bonds. The van der Waals surface area contributed by atoms with E-state index in [1.807, 2.05) is 0 Å². The topological polar surface area (TPSA) is 95.9 Å². The molecule has 0 aliphatic carbocycles. The van der Waals surface area contributed by atoms with Gasteiger partial charge in [-0.1, -0.05) is 326 Å². The summed E-state index contributed by atoms with van der Waals surface area (Å²) in [4.78, 5) is 24.6. The van der Waals surface area contributed by atoms with Gasteiger partial charge in [-0.15, -0.1) is 0 Å². The number of amides is 1. The first kappa shape index (κ1) is 76.1. The molecule has 0 fully saturated rings. The SMILES string of the molecule is CCCCC/C=C\C/C=C\CCCCCCCCCC(=O)OCCCCCCCCCCC/C=C\CCCCCCCCCC(=O)NC(CO)C(O)CCCCCCCCCCCCCCCCCCCCCCCCCC. The zero-order valence-corrected chi connectivity index (χ0v) is 52.7. The zero-order valence-electron chi connectivity index (χ0n) is 52.7. The summed E-state index contributed by atoms with van der Waals surface area (Å²) in [5.74, 6) is -0.0405. The largest absolute Gasteiger partial charge is 0.466 e. The minimum atomic E-state index is -0.672. The van der Waals surface area contributed by atoms with E-state index in [1.165, 1.54) is 302 Å². The number of allylic oxidation sites excluding steroid dienone is 6. The third-order valence-electron chi connectivity index (χ3n) is 16.4. The molecule has 2 unspecified atom stereocenters. The summed E-state index contributed by atoms with van der Waals surface area (Å²) < 4.78 is 5.49. The molecule has 0 rings (SSSR count). The van der Waals surface area contributed by atoms with Gasteiger partial charge in [0.05, 0.1) is 25.4 Å². The predicted molar refractivity (Wildman–Crippen MR) is 343 cm³/mol. The molecule has 0 radical (unpaired) electrons. The fourth-order valence-electron chi connectivity index (χ4n) is 11.0. The smallest absolute Gasteiger partial charge is 0.305 e. The minimum Gasteiger partial charge on any atom is -0.466 e. The lowest BCUT2D eigenvalue weighted by molar-refractivity contribution is -0.143. The molecule has 0 heterocycles. The third kappa shape index (κ3) is 63.3. The fourth-order valence-corrected chi connectivity index (χ4v) is 11.0. The summed E-state index contributed by atoms with van der Waals surface area (Å²) in [6, 6.07) is -0.550. The van der Waals surface area contributed by atoms with Gasteiger partial charge < -0.3 is 20.3 Å². The molecule has 0 bridgehead atoms. The van der Waals surface area contributed by atoms with Gasteiger partial charge >= 0.3 is 5.97 Å². The number of hydrogen-bond donors (Lipinski definition) is 3. The highest BCUT2D eigenvalue weighted by Crippen LogP contribution is 2.19. The van der Waals surface area contributed by atoms with Gasteiger partial charge in [-0.05, 0) is 83.5 Å². The minimum absolute atomic E-state index is 0.000734. The van der Waals surface area contributed by atoms with Crippen LogP contribution in [0.2, 0.25) is 0 Å². The monoisotopic (exact) mass is 1100 g/mol. The highest BCUT2D eigenvalue weighted by Gasteiger charge is 2.20. The van der Waals surface area contributed by atoms with Crippen molar-refractivity contribution in [3.05, 3.63) is 36.5 Å². The van der Waals surface area contributed by atoms with E-state index in [9.17, 15) is 19.8 Å². The number of ether oxygens (including phenoxy) is 1. The van der Waals surface area contributed by atoms with Gasteiger partial charge in [-0.25, -0.2) is 0 Å². The first-order valence-corrected chi connectivity index (χ1v) is 35.2. The first-order chi connectivity index (χ1) is 38.5. The highest BCUT2D eigenvalue weighted by atomic mass is 16.5. The summed E-state index contributed by atoms with van der Waals surface area (Å²) in [5, 5.41) is 23.4. The summed E-state index contributed by atoms with van der Waals surface area (Å²) in [6.07, 6.45) is 86.1. The van der Waals surface area contributed by atoms with Gasteiger partial charge in [-0.3, -0.25) is 9.59 Å². The number of aliphatic hydroxyl groups excluding tert-OH is 2. The Morgan fingerprint density at radius 1 is 0.359 bits per heavy atom. The van der Waals surface area contributed by atoms with Gasteiger partial charge in [0, 0.05) is 12.8 Å². The summed E-state index contributed by atoms with van der Waals surface area (Å²) in [7, 11) is 0. The van der Waals surface area contributed by atoms with Crippen molar-refractivity contribution in [3.8, 4) is 0 Å². The van der Waals surface area contributed by atoms with E-state index in [1.54, 1.807) is 0 Å². The van der Waals surface area contributed by atoms with Crippen LogP contribution in [-0.4, -0.2) is 47.4 Å². The van der Waals surface area contributed by atoms with Crippen LogP contribution in [-0.2, 0) is 14.3 Å². The lowest BCUT2D eigenvalue weighted by atomic mass is 10.0. The lowest BCUT2D eigenvalue weighted by Crippen LogP contribution is -2.45. The Morgan fingerprint density at radius 2 is 0.641 bits per heavy atom. The van der Waals surface area contributed by atoms with E-state index in [4.69, 9.17) is 4.74 Å². The summed E-state index contributed by atoms with van der Waals surface area (Å²) in [6.45, 7) is 4.95. The second kappa shape index (κ2) is 67.6. The molecule has 0 aromatic heterocycles. The molecule has 460 valence electrons. The van der Waals surface area contributed by atoms with Crippen molar-refractivity contribution in [1.29, 1.82) is 0 Å². The van der Waals surface area contributed by atoms with Crippen molar-refractivity contribution < 1.29 is 24.5 Å². The van der Waals surface area contributed by atoms with Crippen molar-refractivity contribution in [3.63, 3.8) is 0 Å². The Bertz CT molecular complexity index is 1260. The maximum absolute atomic E-state index is 12.6. The molecule has 2 atom stereocenters. The summed E-state index contributed by atoms with van der Waals surface area (Å²) in [5.41, 5.74) is 0. The number of carbonyl (C=O) groups is 2. The lowest BCUT2D eigenvalue weighted by Gasteiger charge is -2.22. The molecule has 0 aliphatic heterocycles. The van der Waals surface area contributed by atoms with Crippen molar-refractivity contribution >= 4 is 11.9 Å². The van der Waals surface area contributed by atoms with Gasteiger partial charge in [0.15, 0.2) is 0 Å². The predicted octanol–water partition coefficient (Wildman–Crippen LogP) is 22.7. The number of unbranched alkanes of at least 4 members (excludes halogenated alkanes) is 49. The molecule has 0 aromatic rings. The van der Waals surface area contributed by atoms with Crippen LogP contribution in [0.3, 0.4) is 0 Å². The van der Waals surface area contributed by atoms with Gasteiger partial charge in [0.2, 0.25) is 5.91 Å². The molecule has 6 heteroatoms. The van der Waals surface area contributed by atoms with Crippen LogP contribution in [0.4, 0.5) is 0 Å². The third-order valence-corrected chi connectivity index (χ3v) is 16.4.